The molecule has 92 valence electrons. The van der Waals surface area contributed by atoms with Gasteiger partial charge in [0, 0.05) is 7.05 Å². The molecule has 0 aromatic carbocycles. The molecule has 1 aromatic heterocycles. The predicted molar refractivity (Wildman–Crippen MR) is 65.8 cm³/mol. The number of anilines is 1. The second kappa shape index (κ2) is 5.89. The van der Waals surface area contributed by atoms with E-state index >= 15 is 0 Å². The quantitative estimate of drug-likeness (QED) is 0.480. The van der Waals surface area contributed by atoms with Crippen LogP contribution >= 0.6 is 0 Å². The summed E-state index contributed by atoms with van der Waals surface area (Å²) in [7, 11) is 1.69. The molecule has 0 unspecified atom stereocenters. The molecule has 0 radical (unpaired) electrons. The van der Waals surface area contributed by atoms with Gasteiger partial charge in [0.1, 0.15) is 5.69 Å². The lowest BCUT2D eigenvalue weighted by Crippen LogP contribution is -2.06. The van der Waals surface area contributed by atoms with Crippen LogP contribution in [0.3, 0.4) is 0 Å². The van der Waals surface area contributed by atoms with Gasteiger partial charge < -0.3 is 5.32 Å². The topological polar surface area (TPSA) is 73.0 Å². The zero-order valence-corrected chi connectivity index (χ0v) is 10.3. The molecule has 0 bridgehead atoms. The molecule has 0 saturated carbocycles. The molecule has 0 aliphatic rings. The maximum absolute atomic E-state index is 11.0. The molecule has 17 heavy (non-hydrogen) atoms. The summed E-state index contributed by atoms with van der Waals surface area (Å²) in [6.45, 7) is 4.07. The first-order chi connectivity index (χ1) is 8.11. The smallest absolute Gasteiger partial charge is 0.334 e. The molecule has 0 amide bonds. The summed E-state index contributed by atoms with van der Waals surface area (Å²) in [5, 5.41) is 18.1. The second-order valence-corrected chi connectivity index (χ2v) is 3.55. The third-order valence-corrected chi connectivity index (χ3v) is 2.28. The van der Waals surface area contributed by atoms with Gasteiger partial charge in [-0.25, -0.2) is 4.68 Å². The lowest BCUT2D eigenvalue weighted by atomic mass is 10.2. The van der Waals surface area contributed by atoms with Crippen molar-refractivity contribution in [3.63, 3.8) is 0 Å². The average molecular weight is 236 g/mol. The molecule has 1 N–H and O–H groups in total. The van der Waals surface area contributed by atoms with Crippen molar-refractivity contribution in [3.05, 3.63) is 15.8 Å². The highest BCUT2D eigenvalue weighted by atomic mass is 16.6. The number of rotatable bonds is 5. The largest absolute Gasteiger partial charge is 0.354 e. The van der Waals surface area contributed by atoms with Crippen molar-refractivity contribution in [1.29, 1.82) is 0 Å². The molecule has 0 spiro atoms. The van der Waals surface area contributed by atoms with Crippen molar-refractivity contribution in [2.45, 2.75) is 26.7 Å². The second-order valence-electron chi connectivity index (χ2n) is 3.55. The van der Waals surface area contributed by atoms with Crippen LogP contribution in [0.25, 0.3) is 0 Å². The van der Waals surface area contributed by atoms with Gasteiger partial charge in [0.15, 0.2) is 0 Å². The van der Waals surface area contributed by atoms with E-state index in [4.69, 9.17) is 0 Å². The Bertz CT molecular complexity index is 468. The molecule has 6 heteroatoms. The van der Waals surface area contributed by atoms with E-state index < -0.39 is 0 Å². The summed E-state index contributed by atoms with van der Waals surface area (Å²) < 4.78 is 1.50. The third-order valence-electron chi connectivity index (χ3n) is 2.28. The highest BCUT2D eigenvalue weighted by Crippen LogP contribution is 2.28. The zero-order chi connectivity index (χ0) is 12.8. The number of hydrogen-bond acceptors (Lipinski definition) is 4. The predicted octanol–water partition coefficient (Wildman–Crippen LogP) is 1.72. The Balaban J connectivity index is 3.07. The minimum atomic E-state index is -0.389. The van der Waals surface area contributed by atoms with Crippen LogP contribution in [-0.4, -0.2) is 21.2 Å². The molecule has 1 heterocycles. The number of hydrogen-bond donors (Lipinski definition) is 1. The highest BCUT2D eigenvalue weighted by molar-refractivity contribution is 5.60. The van der Waals surface area contributed by atoms with Crippen LogP contribution in [0, 0.1) is 22.0 Å². The fraction of sp³-hybridized carbons (Fsp3) is 0.545. The van der Waals surface area contributed by atoms with Crippen LogP contribution in [-0.2, 0) is 13.5 Å². The summed E-state index contributed by atoms with van der Waals surface area (Å²) in [6, 6.07) is 0. The normalized spacial score (nSPS) is 9.59. The van der Waals surface area contributed by atoms with Crippen molar-refractivity contribution >= 4 is 11.5 Å². The standard InChI is InChI=1S/C11H16N4O2/c1-4-6-8-12-11-10(15(16)17)9(7-5-2)13-14(11)3/h12H,5,7-8H2,1-3H3. The van der Waals surface area contributed by atoms with Crippen molar-refractivity contribution in [1.82, 2.24) is 9.78 Å². The van der Waals surface area contributed by atoms with Gasteiger partial charge in [0.2, 0.25) is 5.82 Å². The van der Waals surface area contributed by atoms with E-state index in [9.17, 15) is 10.1 Å². The highest BCUT2D eigenvalue weighted by Gasteiger charge is 2.25. The molecule has 0 aliphatic heterocycles. The Morgan fingerprint density at radius 2 is 2.29 bits per heavy atom. The SMILES string of the molecule is CC#CCNc1c([N+](=O)[O-])c(CCC)nn1C. The van der Waals surface area contributed by atoms with Crippen molar-refractivity contribution in [3.8, 4) is 11.8 Å². The van der Waals surface area contributed by atoms with Gasteiger partial charge in [0.05, 0.1) is 11.5 Å². The fourth-order valence-corrected chi connectivity index (χ4v) is 1.58. The molecule has 0 atom stereocenters. The van der Waals surface area contributed by atoms with Crippen molar-refractivity contribution in [2.75, 3.05) is 11.9 Å². The van der Waals surface area contributed by atoms with Crippen LogP contribution in [0.15, 0.2) is 0 Å². The molecule has 1 aromatic rings. The number of nitrogens with one attached hydrogen (secondary N) is 1. The van der Waals surface area contributed by atoms with Crippen LogP contribution in [0.1, 0.15) is 26.0 Å². The van der Waals surface area contributed by atoms with E-state index in [1.807, 2.05) is 6.92 Å². The van der Waals surface area contributed by atoms with Gasteiger partial charge in [-0.05, 0) is 13.3 Å². The van der Waals surface area contributed by atoms with Gasteiger partial charge in [0.25, 0.3) is 0 Å². The number of aromatic nitrogens is 2. The summed E-state index contributed by atoms with van der Waals surface area (Å²) in [4.78, 5) is 10.7. The summed E-state index contributed by atoms with van der Waals surface area (Å²) in [6.07, 6.45) is 1.43. The first kappa shape index (κ1) is 13.0. The fourth-order valence-electron chi connectivity index (χ4n) is 1.58. The lowest BCUT2D eigenvalue weighted by molar-refractivity contribution is -0.384. The first-order valence-electron chi connectivity index (χ1n) is 5.45. The summed E-state index contributed by atoms with van der Waals surface area (Å²) in [5.41, 5.74) is 0.583. The average Bonchev–Trinajstić information content (AvgIpc) is 2.56. The van der Waals surface area contributed by atoms with E-state index in [2.05, 4.69) is 22.3 Å². The zero-order valence-electron chi connectivity index (χ0n) is 10.3. The van der Waals surface area contributed by atoms with Crippen molar-refractivity contribution in [2.24, 2.45) is 7.05 Å². The Morgan fingerprint density at radius 3 is 2.82 bits per heavy atom. The van der Waals surface area contributed by atoms with Gasteiger partial charge in [-0.1, -0.05) is 19.3 Å². The molecule has 0 fully saturated rings. The van der Waals surface area contributed by atoms with E-state index in [1.54, 1.807) is 14.0 Å². The molecule has 1 rings (SSSR count). The lowest BCUT2D eigenvalue weighted by Gasteiger charge is -2.01. The Hall–Kier alpha value is -2.03. The minimum Gasteiger partial charge on any atom is -0.354 e. The van der Waals surface area contributed by atoms with Crippen LogP contribution in [0.4, 0.5) is 11.5 Å². The first-order valence-corrected chi connectivity index (χ1v) is 5.45. The third kappa shape index (κ3) is 2.97. The summed E-state index contributed by atoms with van der Waals surface area (Å²) >= 11 is 0. The van der Waals surface area contributed by atoms with E-state index in [-0.39, 0.29) is 10.6 Å². The number of aryl methyl sites for hydroxylation is 2. The minimum absolute atomic E-state index is 0.0623. The molecule has 0 aliphatic carbocycles. The monoisotopic (exact) mass is 236 g/mol. The maximum Gasteiger partial charge on any atom is 0.334 e. The Kier molecular flexibility index (Phi) is 4.52. The van der Waals surface area contributed by atoms with Gasteiger partial charge >= 0.3 is 5.69 Å². The molecule has 0 saturated heterocycles. The van der Waals surface area contributed by atoms with Gasteiger partial charge in [-0.2, -0.15) is 5.10 Å². The van der Waals surface area contributed by atoms with E-state index in [0.29, 0.717) is 24.5 Å². The Labute approximate surface area is 100 Å². The van der Waals surface area contributed by atoms with Crippen molar-refractivity contribution < 1.29 is 4.92 Å². The number of nitro groups is 1. The van der Waals surface area contributed by atoms with E-state index in [0.717, 1.165) is 6.42 Å². The molecular formula is C11H16N4O2. The van der Waals surface area contributed by atoms with E-state index in [1.165, 1.54) is 4.68 Å². The molecule has 6 nitrogen and oxygen atoms in total. The Morgan fingerprint density at radius 1 is 1.59 bits per heavy atom. The van der Waals surface area contributed by atoms with Crippen LogP contribution in [0.5, 0.6) is 0 Å². The number of nitrogens with zero attached hydrogens (tertiary/aromatic N) is 3. The maximum atomic E-state index is 11.0. The van der Waals surface area contributed by atoms with Crippen LogP contribution < -0.4 is 5.32 Å². The van der Waals surface area contributed by atoms with Gasteiger partial charge in [-0.15, -0.1) is 5.92 Å². The molecular weight excluding hydrogens is 220 g/mol. The van der Waals surface area contributed by atoms with Gasteiger partial charge in [-0.3, -0.25) is 10.1 Å². The van der Waals surface area contributed by atoms with Crippen LogP contribution in [0.2, 0.25) is 0 Å². The summed E-state index contributed by atoms with van der Waals surface area (Å²) in [5.74, 6) is 5.95.